The summed E-state index contributed by atoms with van der Waals surface area (Å²) < 4.78 is 55.3. The maximum Gasteiger partial charge on any atom is 0.393 e. The van der Waals surface area contributed by atoms with Gasteiger partial charge in [-0.25, -0.2) is 4.39 Å². The number of fused-ring (bicyclic) bond motifs is 1. The van der Waals surface area contributed by atoms with Gasteiger partial charge in [0.15, 0.2) is 0 Å². The van der Waals surface area contributed by atoms with Crippen LogP contribution in [0.2, 0.25) is 0 Å². The molecule has 190 valence electrons. The number of benzene rings is 1. The monoisotopic (exact) mass is 507 g/mol. The number of aryl methyl sites for hydroxylation is 1. The van der Waals surface area contributed by atoms with Gasteiger partial charge in [0.05, 0.1) is 6.42 Å². The van der Waals surface area contributed by atoms with E-state index in [0.29, 0.717) is 17.4 Å². The summed E-state index contributed by atoms with van der Waals surface area (Å²) >= 11 is 1.51. The second kappa shape index (κ2) is 10.8. The summed E-state index contributed by atoms with van der Waals surface area (Å²) in [7, 11) is 1.84. The fourth-order valence-corrected chi connectivity index (χ4v) is 5.97. The van der Waals surface area contributed by atoms with Gasteiger partial charge < -0.3 is 9.80 Å². The number of halogens is 4. The number of hydrogen-bond donors (Lipinski definition) is 1. The van der Waals surface area contributed by atoms with Gasteiger partial charge in [0, 0.05) is 60.2 Å². The van der Waals surface area contributed by atoms with Crippen LogP contribution in [-0.4, -0.2) is 54.5 Å². The van der Waals surface area contributed by atoms with Crippen molar-refractivity contribution in [1.29, 1.82) is 0 Å². The molecule has 1 aromatic carbocycles. The lowest BCUT2D eigenvalue weighted by atomic mass is 10.0. The Morgan fingerprint density at radius 3 is 2.20 bits per heavy atom. The zero-order valence-corrected chi connectivity index (χ0v) is 20.9. The smallest absolute Gasteiger partial charge is 0.375 e. The van der Waals surface area contributed by atoms with E-state index in [1.165, 1.54) is 11.9 Å². The van der Waals surface area contributed by atoms with Crippen LogP contribution in [0.4, 0.5) is 17.6 Å². The van der Waals surface area contributed by atoms with Gasteiger partial charge in [-0.3, -0.25) is 4.72 Å². The van der Waals surface area contributed by atoms with E-state index in [2.05, 4.69) is 27.7 Å². The lowest BCUT2D eigenvalue weighted by molar-refractivity contribution is -0.127. The topological polar surface area (TPSA) is 18.5 Å². The highest BCUT2D eigenvalue weighted by Crippen LogP contribution is 2.38. The number of allylic oxidation sites excluding steroid dienone is 3. The zero-order chi connectivity index (χ0) is 25.2. The van der Waals surface area contributed by atoms with E-state index < -0.39 is 12.6 Å². The largest absolute Gasteiger partial charge is 0.393 e. The molecule has 3 unspecified atom stereocenters. The third-order valence-electron chi connectivity index (χ3n) is 7.17. The Labute approximate surface area is 209 Å². The van der Waals surface area contributed by atoms with Crippen molar-refractivity contribution in [2.45, 2.75) is 37.1 Å². The summed E-state index contributed by atoms with van der Waals surface area (Å²) in [5, 5.41) is 0.104. The van der Waals surface area contributed by atoms with Gasteiger partial charge in [-0.05, 0) is 43.5 Å². The Balaban J connectivity index is 1.24. The summed E-state index contributed by atoms with van der Waals surface area (Å²) in [5.41, 5.74) is 3.78. The molecule has 4 rings (SSSR count). The maximum atomic E-state index is 14.7. The van der Waals surface area contributed by atoms with E-state index in [1.54, 1.807) is 30.3 Å². The van der Waals surface area contributed by atoms with Crippen molar-refractivity contribution in [1.82, 2.24) is 14.5 Å². The Kier molecular flexibility index (Phi) is 8.01. The van der Waals surface area contributed by atoms with Crippen LogP contribution in [0.5, 0.6) is 0 Å². The van der Waals surface area contributed by atoms with Crippen LogP contribution < -0.4 is 4.72 Å². The molecule has 2 aliphatic heterocycles. The number of hydrogen-bond acceptors (Lipinski definition) is 4. The third kappa shape index (κ3) is 6.53. The van der Waals surface area contributed by atoms with Crippen molar-refractivity contribution in [2.24, 2.45) is 11.8 Å². The Morgan fingerprint density at radius 1 is 1.03 bits per heavy atom. The highest BCUT2D eigenvalue weighted by atomic mass is 32.2. The molecule has 0 radical (unpaired) electrons. The van der Waals surface area contributed by atoms with Crippen molar-refractivity contribution in [3.63, 3.8) is 0 Å². The number of nitrogens with one attached hydrogen (secondary N) is 1. The predicted molar refractivity (Wildman–Crippen MR) is 135 cm³/mol. The van der Waals surface area contributed by atoms with E-state index in [1.807, 2.05) is 13.1 Å². The summed E-state index contributed by atoms with van der Waals surface area (Å²) in [4.78, 5) is 4.57. The fourth-order valence-electron chi connectivity index (χ4n) is 5.29. The molecule has 3 atom stereocenters. The predicted octanol–water partition coefficient (Wildman–Crippen LogP) is 6.03. The van der Waals surface area contributed by atoms with Crippen molar-refractivity contribution in [3.05, 3.63) is 83.5 Å². The van der Waals surface area contributed by atoms with Gasteiger partial charge in [-0.15, -0.1) is 0 Å². The van der Waals surface area contributed by atoms with Crippen LogP contribution in [0, 0.1) is 11.8 Å². The van der Waals surface area contributed by atoms with Crippen LogP contribution in [-0.2, 0) is 12.8 Å². The van der Waals surface area contributed by atoms with Crippen LogP contribution in [0.1, 0.15) is 24.0 Å². The average Bonchev–Trinajstić information content (AvgIpc) is 3.37. The molecule has 0 bridgehead atoms. The van der Waals surface area contributed by atoms with Gasteiger partial charge in [-0.1, -0.05) is 55.4 Å². The van der Waals surface area contributed by atoms with Gasteiger partial charge in [-0.2, -0.15) is 13.2 Å². The van der Waals surface area contributed by atoms with Crippen molar-refractivity contribution in [3.8, 4) is 0 Å². The minimum Gasteiger partial charge on any atom is -0.375 e. The maximum absolute atomic E-state index is 14.7. The molecule has 2 saturated heterocycles. The second-order valence-electron chi connectivity index (χ2n) is 9.68. The van der Waals surface area contributed by atoms with Crippen LogP contribution in [0.3, 0.4) is 0 Å². The van der Waals surface area contributed by atoms with Gasteiger partial charge in [0.25, 0.3) is 0 Å². The Bertz CT molecular complexity index is 985. The number of alkyl halides is 3. The lowest BCUT2D eigenvalue weighted by Gasteiger charge is -2.28. The number of rotatable bonds is 9. The number of likely N-dealkylation sites (tertiary alicyclic amines) is 2. The molecule has 3 aliphatic rings. The standard InChI is InChI=1S/C27H33F4N3S/c1-18(4-5-20-6-8-21(9-7-20)13-27(29,30)31)33-14-22-16-34(17-23(22)15-33)19(2)25-11-10-24(35-32-3)12-26(25)28/h6-9,11-12,22-24,32H,1-2,4-5,10,13-17H2,3H3. The first kappa shape index (κ1) is 25.9. The van der Waals surface area contributed by atoms with Crippen molar-refractivity contribution < 1.29 is 17.6 Å². The van der Waals surface area contributed by atoms with E-state index in [4.69, 9.17) is 0 Å². The first-order chi connectivity index (χ1) is 16.6. The summed E-state index contributed by atoms with van der Waals surface area (Å²) in [6, 6.07) is 6.69. The number of nitrogens with zero attached hydrogens (tertiary/aromatic N) is 2. The van der Waals surface area contributed by atoms with Crippen LogP contribution in [0.25, 0.3) is 0 Å². The van der Waals surface area contributed by atoms with Crippen molar-refractivity contribution >= 4 is 11.9 Å². The summed E-state index contributed by atoms with van der Waals surface area (Å²) in [5.74, 6) is 0.801. The molecule has 0 saturated carbocycles. The molecule has 0 aromatic heterocycles. The first-order valence-electron chi connectivity index (χ1n) is 12.0. The van der Waals surface area contributed by atoms with Gasteiger partial charge in [0.2, 0.25) is 0 Å². The molecule has 3 nitrogen and oxygen atoms in total. The molecule has 1 aliphatic carbocycles. The Morgan fingerprint density at radius 2 is 1.63 bits per heavy atom. The van der Waals surface area contributed by atoms with E-state index in [9.17, 15) is 17.6 Å². The summed E-state index contributed by atoms with van der Waals surface area (Å²) in [6.45, 7) is 12.1. The molecule has 1 aromatic rings. The average molecular weight is 508 g/mol. The molecule has 2 fully saturated rings. The third-order valence-corrected chi connectivity index (χ3v) is 8.04. The first-order valence-corrected chi connectivity index (χ1v) is 12.9. The van der Waals surface area contributed by atoms with Crippen LogP contribution in [0.15, 0.2) is 72.4 Å². The highest BCUT2D eigenvalue weighted by molar-refractivity contribution is 7.98. The van der Waals surface area contributed by atoms with E-state index in [-0.39, 0.29) is 16.6 Å². The zero-order valence-electron chi connectivity index (χ0n) is 20.1. The normalized spacial score (nSPS) is 24.3. The molecular weight excluding hydrogens is 474 g/mol. The fraction of sp³-hybridized carbons (Fsp3) is 0.481. The van der Waals surface area contributed by atoms with E-state index in [0.717, 1.165) is 62.4 Å². The minimum atomic E-state index is -4.18. The van der Waals surface area contributed by atoms with Gasteiger partial charge in [0.1, 0.15) is 5.83 Å². The van der Waals surface area contributed by atoms with E-state index >= 15 is 0 Å². The molecule has 35 heavy (non-hydrogen) atoms. The SMILES string of the molecule is C=C(CCc1ccc(CC(F)(F)F)cc1)N1CC2CN(C(=C)C3=CCC(SNC)C=C3F)CC2C1. The quantitative estimate of drug-likeness (QED) is 0.325. The minimum absolute atomic E-state index is 0.104. The van der Waals surface area contributed by atoms with Crippen molar-refractivity contribution in [2.75, 3.05) is 33.2 Å². The summed E-state index contributed by atoms with van der Waals surface area (Å²) in [6.07, 6.45) is 0.884. The lowest BCUT2D eigenvalue weighted by Crippen LogP contribution is -2.29. The van der Waals surface area contributed by atoms with Gasteiger partial charge >= 0.3 is 6.18 Å². The molecule has 1 N–H and O–H groups in total. The Hall–Kier alpha value is -2.19. The van der Waals surface area contributed by atoms with Crippen LogP contribution >= 0.6 is 11.9 Å². The molecule has 0 spiro atoms. The molecule has 0 amide bonds. The second-order valence-corrected chi connectivity index (χ2v) is 10.9. The molecule has 8 heteroatoms. The highest BCUT2D eigenvalue weighted by Gasteiger charge is 2.41. The molecular formula is C27H33F4N3S. The molecule has 2 heterocycles.